The third-order valence-corrected chi connectivity index (χ3v) is 3.28. The number of anilines is 1. The molecule has 1 aromatic heterocycles. The van der Waals surface area contributed by atoms with E-state index in [0.717, 1.165) is 17.7 Å². The van der Waals surface area contributed by atoms with Crippen molar-refractivity contribution in [2.24, 2.45) is 0 Å². The highest BCUT2D eigenvalue weighted by molar-refractivity contribution is 5.92. The summed E-state index contributed by atoms with van der Waals surface area (Å²) in [5.74, 6) is 1.45. The van der Waals surface area contributed by atoms with Crippen LogP contribution >= 0.6 is 0 Å². The Morgan fingerprint density at radius 2 is 2.43 bits per heavy atom. The summed E-state index contributed by atoms with van der Waals surface area (Å²) in [5.41, 5.74) is 1.70. The number of fused-ring (bicyclic) bond motifs is 1. The predicted octanol–water partition coefficient (Wildman–Crippen LogP) is 2.69. The maximum absolute atomic E-state index is 12.1. The van der Waals surface area contributed by atoms with Crippen molar-refractivity contribution in [3.05, 3.63) is 36.4 Å². The van der Waals surface area contributed by atoms with E-state index < -0.39 is 0 Å². The van der Waals surface area contributed by atoms with Gasteiger partial charge in [-0.25, -0.2) is 9.78 Å². The van der Waals surface area contributed by atoms with Crippen molar-refractivity contribution < 1.29 is 14.3 Å². The molecule has 1 atom stereocenters. The zero-order valence-corrected chi connectivity index (χ0v) is 12.0. The number of amides is 1. The van der Waals surface area contributed by atoms with Gasteiger partial charge in [-0.2, -0.15) is 0 Å². The average molecular weight is 287 g/mol. The van der Waals surface area contributed by atoms with Gasteiger partial charge in [0.05, 0.1) is 12.3 Å². The zero-order chi connectivity index (χ0) is 14.8. The molecule has 6 heteroatoms. The van der Waals surface area contributed by atoms with Crippen LogP contribution in [0.2, 0.25) is 0 Å². The molecule has 2 aromatic rings. The Balaban J connectivity index is 1.90. The fourth-order valence-electron chi connectivity index (χ4n) is 2.37. The monoisotopic (exact) mass is 287 g/mol. The first-order valence-corrected chi connectivity index (χ1v) is 6.93. The SMILES string of the molecule is CCOc1cc2c(cc1NC(=O)n1ccnc1)OC(C)C2. The van der Waals surface area contributed by atoms with Crippen molar-refractivity contribution in [2.75, 3.05) is 11.9 Å². The summed E-state index contributed by atoms with van der Waals surface area (Å²) < 4.78 is 12.7. The lowest BCUT2D eigenvalue weighted by atomic mass is 10.1. The molecule has 0 radical (unpaired) electrons. The molecular weight excluding hydrogens is 270 g/mol. The Morgan fingerprint density at radius 1 is 1.57 bits per heavy atom. The van der Waals surface area contributed by atoms with Crippen LogP contribution in [0.4, 0.5) is 10.5 Å². The van der Waals surface area contributed by atoms with Crippen LogP contribution in [0, 0.1) is 0 Å². The van der Waals surface area contributed by atoms with Gasteiger partial charge in [0.15, 0.2) is 0 Å². The second-order valence-electron chi connectivity index (χ2n) is 4.92. The number of hydrogen-bond donors (Lipinski definition) is 1. The number of carbonyl (C=O) groups excluding carboxylic acids is 1. The fraction of sp³-hybridized carbons (Fsp3) is 0.333. The molecule has 0 saturated carbocycles. The van der Waals surface area contributed by atoms with Crippen LogP contribution in [0.1, 0.15) is 19.4 Å². The molecule has 1 unspecified atom stereocenters. The topological polar surface area (TPSA) is 65.4 Å². The first kappa shape index (κ1) is 13.5. The van der Waals surface area contributed by atoms with Gasteiger partial charge in [-0.05, 0) is 19.9 Å². The number of nitrogens with zero attached hydrogens (tertiary/aromatic N) is 2. The minimum absolute atomic E-state index is 0.147. The Morgan fingerprint density at radius 3 is 3.14 bits per heavy atom. The van der Waals surface area contributed by atoms with Gasteiger partial charge in [-0.3, -0.25) is 4.57 Å². The van der Waals surface area contributed by atoms with Crippen molar-refractivity contribution in [1.82, 2.24) is 9.55 Å². The van der Waals surface area contributed by atoms with E-state index in [1.54, 1.807) is 12.4 Å². The number of nitrogens with one attached hydrogen (secondary N) is 1. The predicted molar refractivity (Wildman–Crippen MR) is 78.0 cm³/mol. The molecule has 3 rings (SSSR count). The van der Waals surface area contributed by atoms with Crippen molar-refractivity contribution in [3.8, 4) is 11.5 Å². The molecule has 1 amide bonds. The van der Waals surface area contributed by atoms with E-state index in [2.05, 4.69) is 10.3 Å². The summed E-state index contributed by atoms with van der Waals surface area (Å²) in [7, 11) is 0. The van der Waals surface area contributed by atoms with E-state index in [4.69, 9.17) is 9.47 Å². The normalized spacial score (nSPS) is 16.2. The van der Waals surface area contributed by atoms with Crippen LogP contribution in [0.3, 0.4) is 0 Å². The third kappa shape index (κ3) is 2.69. The smallest absolute Gasteiger partial charge is 0.331 e. The summed E-state index contributed by atoms with van der Waals surface area (Å²) in [6, 6.07) is 3.46. The highest BCUT2D eigenvalue weighted by Gasteiger charge is 2.22. The number of carbonyl (C=O) groups is 1. The fourth-order valence-corrected chi connectivity index (χ4v) is 2.37. The van der Waals surface area contributed by atoms with Crippen LogP contribution in [-0.2, 0) is 6.42 Å². The van der Waals surface area contributed by atoms with Crippen LogP contribution < -0.4 is 14.8 Å². The van der Waals surface area contributed by atoms with E-state index in [1.165, 1.54) is 10.9 Å². The number of ether oxygens (including phenoxy) is 2. The lowest BCUT2D eigenvalue weighted by Crippen LogP contribution is -2.18. The average Bonchev–Trinajstić information content (AvgIpc) is 3.07. The number of hydrogen-bond acceptors (Lipinski definition) is 4. The van der Waals surface area contributed by atoms with Gasteiger partial charge in [0.2, 0.25) is 0 Å². The standard InChI is InChI=1S/C15H17N3O3/c1-3-20-14-7-11-6-10(2)21-13(11)8-12(14)17-15(19)18-5-4-16-9-18/h4-5,7-10H,3,6H2,1-2H3,(H,17,19). The van der Waals surface area contributed by atoms with E-state index in [9.17, 15) is 4.79 Å². The van der Waals surface area contributed by atoms with E-state index in [0.29, 0.717) is 18.0 Å². The summed E-state index contributed by atoms with van der Waals surface area (Å²) in [5, 5.41) is 2.82. The summed E-state index contributed by atoms with van der Waals surface area (Å²) >= 11 is 0. The van der Waals surface area contributed by atoms with Gasteiger partial charge < -0.3 is 14.8 Å². The van der Waals surface area contributed by atoms with Gasteiger partial charge in [0.1, 0.15) is 23.9 Å². The quantitative estimate of drug-likeness (QED) is 0.942. The second-order valence-corrected chi connectivity index (χ2v) is 4.92. The maximum atomic E-state index is 12.1. The Kier molecular flexibility index (Phi) is 3.51. The highest BCUT2D eigenvalue weighted by Crippen LogP contribution is 2.38. The first-order chi connectivity index (χ1) is 10.2. The van der Waals surface area contributed by atoms with Crippen molar-refractivity contribution in [2.45, 2.75) is 26.4 Å². The number of aromatic nitrogens is 2. The molecule has 0 spiro atoms. The molecule has 2 heterocycles. The second kappa shape index (κ2) is 5.47. The zero-order valence-electron chi connectivity index (χ0n) is 12.0. The van der Waals surface area contributed by atoms with Crippen LogP contribution in [0.5, 0.6) is 11.5 Å². The molecule has 0 fully saturated rings. The first-order valence-electron chi connectivity index (χ1n) is 6.93. The van der Waals surface area contributed by atoms with E-state index in [-0.39, 0.29) is 12.1 Å². The minimum atomic E-state index is -0.292. The molecular formula is C15H17N3O3. The Bertz CT molecular complexity index is 652. The van der Waals surface area contributed by atoms with Gasteiger partial charge in [0.25, 0.3) is 0 Å². The van der Waals surface area contributed by atoms with Gasteiger partial charge in [-0.15, -0.1) is 0 Å². The number of benzene rings is 1. The summed E-state index contributed by atoms with van der Waals surface area (Å²) in [4.78, 5) is 16.0. The molecule has 6 nitrogen and oxygen atoms in total. The molecule has 110 valence electrons. The summed E-state index contributed by atoms with van der Waals surface area (Å²) in [6.45, 7) is 4.46. The molecule has 21 heavy (non-hydrogen) atoms. The maximum Gasteiger partial charge on any atom is 0.331 e. The Labute approximate surface area is 122 Å². The van der Waals surface area contributed by atoms with Crippen molar-refractivity contribution in [1.29, 1.82) is 0 Å². The molecule has 0 bridgehead atoms. The molecule has 1 aliphatic heterocycles. The van der Waals surface area contributed by atoms with Gasteiger partial charge in [-0.1, -0.05) is 0 Å². The lowest BCUT2D eigenvalue weighted by Gasteiger charge is -2.13. The van der Waals surface area contributed by atoms with Gasteiger partial charge in [0, 0.05) is 30.4 Å². The minimum Gasteiger partial charge on any atom is -0.492 e. The van der Waals surface area contributed by atoms with E-state index >= 15 is 0 Å². The lowest BCUT2D eigenvalue weighted by molar-refractivity contribution is 0.253. The van der Waals surface area contributed by atoms with Crippen LogP contribution in [0.15, 0.2) is 30.9 Å². The Hall–Kier alpha value is -2.50. The number of rotatable bonds is 3. The largest absolute Gasteiger partial charge is 0.492 e. The number of imidazole rings is 1. The van der Waals surface area contributed by atoms with Crippen LogP contribution in [-0.4, -0.2) is 28.3 Å². The van der Waals surface area contributed by atoms with Crippen LogP contribution in [0.25, 0.3) is 0 Å². The molecule has 1 aliphatic rings. The van der Waals surface area contributed by atoms with Gasteiger partial charge >= 0.3 is 6.03 Å². The molecule has 1 N–H and O–H groups in total. The third-order valence-electron chi connectivity index (χ3n) is 3.28. The van der Waals surface area contributed by atoms with Crippen molar-refractivity contribution in [3.63, 3.8) is 0 Å². The molecule has 0 aliphatic carbocycles. The molecule has 1 aromatic carbocycles. The summed E-state index contributed by atoms with van der Waals surface area (Å²) in [6.07, 6.45) is 5.58. The van der Waals surface area contributed by atoms with E-state index in [1.807, 2.05) is 26.0 Å². The molecule has 0 saturated heterocycles. The van der Waals surface area contributed by atoms with Crippen molar-refractivity contribution >= 4 is 11.7 Å². The highest BCUT2D eigenvalue weighted by atomic mass is 16.5.